The first-order valence-corrected chi connectivity index (χ1v) is 5.86. The fraction of sp³-hybridized carbons (Fsp3) is 0.154. The summed E-state index contributed by atoms with van der Waals surface area (Å²) in [6, 6.07) is 10.7. The van der Waals surface area contributed by atoms with Gasteiger partial charge in [-0.3, -0.25) is 4.79 Å². The van der Waals surface area contributed by atoms with E-state index in [-0.39, 0.29) is 12.5 Å². The van der Waals surface area contributed by atoms with Crippen LogP contribution in [0.5, 0.6) is 0 Å². The summed E-state index contributed by atoms with van der Waals surface area (Å²) >= 11 is 5.82. The van der Waals surface area contributed by atoms with Gasteiger partial charge < -0.3 is 5.32 Å². The number of carbonyl (C=O) groups excluding carboxylic acids is 1. The Morgan fingerprint density at radius 2 is 2.00 bits per heavy atom. The summed E-state index contributed by atoms with van der Waals surface area (Å²) in [5, 5.41) is 3.13. The molecule has 18 heavy (non-hydrogen) atoms. The summed E-state index contributed by atoms with van der Waals surface area (Å²) < 4.78 is 0. The van der Waals surface area contributed by atoms with E-state index in [1.165, 1.54) is 0 Å². The van der Waals surface area contributed by atoms with Gasteiger partial charge in [-0.25, -0.2) is 9.97 Å². The number of halogens is 1. The SMILES string of the molecule is Cc1cc(Cl)nc(CNC(=O)c2ccccc2)n1. The van der Waals surface area contributed by atoms with Crippen molar-refractivity contribution in [1.29, 1.82) is 0 Å². The monoisotopic (exact) mass is 261 g/mol. The van der Waals surface area contributed by atoms with E-state index in [1.807, 2.05) is 25.1 Å². The maximum absolute atomic E-state index is 11.8. The quantitative estimate of drug-likeness (QED) is 0.863. The molecule has 5 heteroatoms. The molecule has 1 aromatic carbocycles. The lowest BCUT2D eigenvalue weighted by Crippen LogP contribution is -2.24. The molecule has 4 nitrogen and oxygen atoms in total. The highest BCUT2D eigenvalue weighted by Gasteiger charge is 2.06. The Kier molecular flexibility index (Phi) is 3.89. The van der Waals surface area contributed by atoms with Crippen LogP contribution < -0.4 is 5.32 Å². The number of nitrogens with zero attached hydrogens (tertiary/aromatic N) is 2. The minimum atomic E-state index is -0.156. The van der Waals surface area contributed by atoms with Gasteiger partial charge in [-0.1, -0.05) is 29.8 Å². The summed E-state index contributed by atoms with van der Waals surface area (Å²) in [5.74, 6) is 0.348. The van der Waals surface area contributed by atoms with Crippen LogP contribution in [-0.4, -0.2) is 15.9 Å². The van der Waals surface area contributed by atoms with Gasteiger partial charge in [0.25, 0.3) is 5.91 Å². The number of amides is 1. The fourth-order valence-electron chi connectivity index (χ4n) is 1.52. The minimum absolute atomic E-state index is 0.156. The molecule has 0 spiro atoms. The molecule has 0 saturated heterocycles. The topological polar surface area (TPSA) is 54.9 Å². The van der Waals surface area contributed by atoms with E-state index in [0.29, 0.717) is 16.5 Å². The Bertz CT molecular complexity index is 537. The second-order valence-electron chi connectivity index (χ2n) is 3.80. The molecule has 2 rings (SSSR count). The first-order chi connectivity index (χ1) is 8.65. The lowest BCUT2D eigenvalue weighted by atomic mass is 10.2. The van der Waals surface area contributed by atoms with E-state index >= 15 is 0 Å². The van der Waals surface area contributed by atoms with Gasteiger partial charge in [0.2, 0.25) is 0 Å². The molecular formula is C13H12ClN3O. The molecule has 0 aliphatic rings. The number of rotatable bonds is 3. The number of aryl methyl sites for hydroxylation is 1. The van der Waals surface area contributed by atoms with Gasteiger partial charge in [-0.05, 0) is 25.1 Å². The predicted molar refractivity (Wildman–Crippen MR) is 69.4 cm³/mol. The smallest absolute Gasteiger partial charge is 0.251 e. The van der Waals surface area contributed by atoms with Gasteiger partial charge in [-0.15, -0.1) is 0 Å². The molecule has 92 valence electrons. The molecular weight excluding hydrogens is 250 g/mol. The van der Waals surface area contributed by atoms with Gasteiger partial charge in [0.1, 0.15) is 11.0 Å². The van der Waals surface area contributed by atoms with E-state index in [0.717, 1.165) is 5.69 Å². The third-order valence-electron chi connectivity index (χ3n) is 2.31. The molecule has 1 aromatic heterocycles. The molecule has 0 fully saturated rings. The second kappa shape index (κ2) is 5.60. The molecule has 0 aliphatic heterocycles. The van der Waals surface area contributed by atoms with E-state index in [9.17, 15) is 4.79 Å². The number of nitrogens with one attached hydrogen (secondary N) is 1. The number of carbonyl (C=O) groups is 1. The molecule has 0 saturated carbocycles. The van der Waals surface area contributed by atoms with Gasteiger partial charge >= 0.3 is 0 Å². The maximum Gasteiger partial charge on any atom is 0.251 e. The summed E-state index contributed by atoms with van der Waals surface area (Å²) in [4.78, 5) is 20.0. The standard InChI is InChI=1S/C13H12ClN3O/c1-9-7-11(14)17-12(16-9)8-15-13(18)10-5-3-2-4-6-10/h2-7H,8H2,1H3,(H,15,18). The van der Waals surface area contributed by atoms with Crippen molar-refractivity contribution < 1.29 is 4.79 Å². The van der Waals surface area contributed by atoms with Crippen molar-refractivity contribution in [3.8, 4) is 0 Å². The number of hydrogen-bond acceptors (Lipinski definition) is 3. The van der Waals surface area contributed by atoms with Crippen LogP contribution in [0.3, 0.4) is 0 Å². The lowest BCUT2D eigenvalue weighted by Gasteiger charge is -2.05. The number of benzene rings is 1. The van der Waals surface area contributed by atoms with Crippen LogP contribution in [0.4, 0.5) is 0 Å². The van der Waals surface area contributed by atoms with E-state index < -0.39 is 0 Å². The van der Waals surface area contributed by atoms with Crippen LogP contribution in [0.15, 0.2) is 36.4 Å². The van der Waals surface area contributed by atoms with Crippen molar-refractivity contribution in [1.82, 2.24) is 15.3 Å². The molecule has 0 bridgehead atoms. The van der Waals surface area contributed by atoms with Crippen molar-refractivity contribution >= 4 is 17.5 Å². The van der Waals surface area contributed by atoms with E-state index in [2.05, 4.69) is 15.3 Å². The zero-order valence-electron chi connectivity index (χ0n) is 9.85. The largest absolute Gasteiger partial charge is 0.345 e. The van der Waals surface area contributed by atoms with E-state index in [4.69, 9.17) is 11.6 Å². The van der Waals surface area contributed by atoms with E-state index in [1.54, 1.807) is 18.2 Å². The summed E-state index contributed by atoms with van der Waals surface area (Å²) in [7, 11) is 0. The molecule has 0 unspecified atom stereocenters. The Morgan fingerprint density at radius 1 is 1.28 bits per heavy atom. The summed E-state index contributed by atoms with van der Waals surface area (Å²) in [6.07, 6.45) is 0. The zero-order chi connectivity index (χ0) is 13.0. The van der Waals surface area contributed by atoms with Crippen molar-refractivity contribution in [3.63, 3.8) is 0 Å². The highest BCUT2D eigenvalue weighted by Crippen LogP contribution is 2.06. The van der Waals surface area contributed by atoms with Crippen LogP contribution in [0, 0.1) is 6.92 Å². The Morgan fingerprint density at radius 3 is 2.67 bits per heavy atom. The van der Waals surface area contributed by atoms with Crippen molar-refractivity contribution in [3.05, 3.63) is 58.6 Å². The highest BCUT2D eigenvalue weighted by molar-refractivity contribution is 6.29. The Hall–Kier alpha value is -1.94. The molecule has 1 amide bonds. The van der Waals surface area contributed by atoms with Crippen LogP contribution in [-0.2, 0) is 6.54 Å². The number of hydrogen-bond donors (Lipinski definition) is 1. The van der Waals surface area contributed by atoms with Gasteiger partial charge in [-0.2, -0.15) is 0 Å². The summed E-state index contributed by atoms with van der Waals surface area (Å²) in [6.45, 7) is 2.09. The molecule has 0 aliphatic carbocycles. The second-order valence-corrected chi connectivity index (χ2v) is 4.18. The van der Waals surface area contributed by atoms with Gasteiger partial charge in [0.05, 0.1) is 6.54 Å². The Balaban J connectivity index is 2.02. The average Bonchev–Trinajstić information content (AvgIpc) is 2.36. The van der Waals surface area contributed by atoms with Crippen molar-refractivity contribution in [2.75, 3.05) is 0 Å². The van der Waals surface area contributed by atoms with Crippen molar-refractivity contribution in [2.45, 2.75) is 13.5 Å². The van der Waals surface area contributed by atoms with Crippen LogP contribution in [0.25, 0.3) is 0 Å². The summed E-state index contributed by atoms with van der Waals surface area (Å²) in [5.41, 5.74) is 1.38. The third kappa shape index (κ3) is 3.28. The van der Waals surface area contributed by atoms with Crippen LogP contribution in [0.1, 0.15) is 21.9 Å². The fourth-order valence-corrected chi connectivity index (χ4v) is 1.77. The normalized spacial score (nSPS) is 10.1. The molecule has 2 aromatic rings. The molecule has 0 radical (unpaired) electrons. The van der Waals surface area contributed by atoms with Crippen molar-refractivity contribution in [2.24, 2.45) is 0 Å². The maximum atomic E-state index is 11.8. The lowest BCUT2D eigenvalue weighted by molar-refractivity contribution is 0.0950. The van der Waals surface area contributed by atoms with Crippen LogP contribution in [0.2, 0.25) is 5.15 Å². The molecule has 1 heterocycles. The predicted octanol–water partition coefficient (Wildman–Crippen LogP) is 2.37. The minimum Gasteiger partial charge on any atom is -0.345 e. The van der Waals surface area contributed by atoms with Gasteiger partial charge in [0.15, 0.2) is 0 Å². The average molecular weight is 262 g/mol. The van der Waals surface area contributed by atoms with Crippen LogP contribution >= 0.6 is 11.6 Å². The zero-order valence-corrected chi connectivity index (χ0v) is 10.6. The highest BCUT2D eigenvalue weighted by atomic mass is 35.5. The third-order valence-corrected chi connectivity index (χ3v) is 2.51. The molecule has 0 atom stereocenters. The first kappa shape index (κ1) is 12.5. The Labute approximate surface area is 110 Å². The first-order valence-electron chi connectivity index (χ1n) is 5.48. The van der Waals surface area contributed by atoms with Gasteiger partial charge in [0, 0.05) is 11.3 Å². The molecule has 1 N–H and O–H groups in total. The number of aromatic nitrogens is 2.